The van der Waals surface area contributed by atoms with Crippen LogP contribution in [0.3, 0.4) is 0 Å². The fraction of sp³-hybridized carbons (Fsp3) is 0.625. The van der Waals surface area contributed by atoms with Gasteiger partial charge in [0.25, 0.3) is 0 Å². The average molecular weight is 435 g/mol. The number of amides is 1. The Hall–Kier alpha value is -1.35. The SMILES string of the molecule is CC(C)(C)OC(=O)C(C)(CCN1Cc2cc(Br)cn2C1=O)S(C)(=O)=O. The Kier molecular flexibility index (Phi) is 5.13. The molecule has 0 fully saturated rings. The van der Waals surface area contributed by atoms with Gasteiger partial charge in [0.2, 0.25) is 0 Å². The van der Waals surface area contributed by atoms with Gasteiger partial charge in [-0.15, -0.1) is 0 Å². The van der Waals surface area contributed by atoms with Gasteiger partial charge in [-0.25, -0.2) is 13.2 Å². The molecule has 0 N–H and O–H groups in total. The number of carbonyl (C=O) groups excluding carboxylic acids is 2. The van der Waals surface area contributed by atoms with E-state index in [1.807, 2.05) is 6.07 Å². The quantitative estimate of drug-likeness (QED) is 0.664. The Morgan fingerprint density at radius 3 is 2.40 bits per heavy atom. The molecule has 0 radical (unpaired) electrons. The molecule has 0 aromatic carbocycles. The summed E-state index contributed by atoms with van der Waals surface area (Å²) < 4.78 is 30.4. The first kappa shape index (κ1) is 20.0. The first-order chi connectivity index (χ1) is 11.2. The van der Waals surface area contributed by atoms with Crippen molar-refractivity contribution >= 4 is 37.8 Å². The van der Waals surface area contributed by atoms with Crippen molar-refractivity contribution in [3.63, 3.8) is 0 Å². The number of hydrogen-bond donors (Lipinski definition) is 0. The van der Waals surface area contributed by atoms with E-state index in [-0.39, 0.29) is 19.0 Å². The van der Waals surface area contributed by atoms with Gasteiger partial charge in [0.15, 0.2) is 14.6 Å². The van der Waals surface area contributed by atoms with E-state index in [0.717, 1.165) is 16.4 Å². The molecular formula is C16H23BrN2O5S. The highest BCUT2D eigenvalue weighted by atomic mass is 79.9. The molecule has 0 bridgehead atoms. The summed E-state index contributed by atoms with van der Waals surface area (Å²) in [4.78, 5) is 26.4. The van der Waals surface area contributed by atoms with Gasteiger partial charge in [0.05, 0.1) is 6.54 Å². The molecule has 0 spiro atoms. The van der Waals surface area contributed by atoms with Gasteiger partial charge < -0.3 is 9.64 Å². The lowest BCUT2D eigenvalue weighted by atomic mass is 10.1. The van der Waals surface area contributed by atoms with Crippen LogP contribution in [0, 0.1) is 0 Å². The third kappa shape index (κ3) is 4.08. The second-order valence-corrected chi connectivity index (χ2v) is 10.8. The molecule has 25 heavy (non-hydrogen) atoms. The van der Waals surface area contributed by atoms with Crippen molar-refractivity contribution in [2.24, 2.45) is 0 Å². The van der Waals surface area contributed by atoms with Gasteiger partial charge in [0.1, 0.15) is 5.60 Å². The van der Waals surface area contributed by atoms with E-state index >= 15 is 0 Å². The molecule has 2 rings (SSSR count). The fourth-order valence-corrected chi connectivity index (χ4v) is 3.81. The van der Waals surface area contributed by atoms with Crippen LogP contribution in [-0.4, -0.2) is 53.0 Å². The Labute approximate surface area is 156 Å². The molecule has 1 aromatic rings. The second kappa shape index (κ2) is 6.42. The Balaban J connectivity index is 2.16. The Morgan fingerprint density at radius 1 is 1.32 bits per heavy atom. The maximum absolute atomic E-state index is 12.5. The van der Waals surface area contributed by atoms with Crippen LogP contribution >= 0.6 is 15.9 Å². The van der Waals surface area contributed by atoms with Crippen molar-refractivity contribution in [3.8, 4) is 0 Å². The smallest absolute Gasteiger partial charge is 0.328 e. The lowest BCUT2D eigenvalue weighted by molar-refractivity contribution is -0.157. The summed E-state index contributed by atoms with van der Waals surface area (Å²) in [5.41, 5.74) is 0.0205. The first-order valence-corrected chi connectivity index (χ1v) is 10.5. The highest BCUT2D eigenvalue weighted by molar-refractivity contribution is 9.10. The summed E-state index contributed by atoms with van der Waals surface area (Å²) in [5.74, 6) is -0.795. The van der Waals surface area contributed by atoms with E-state index in [1.54, 1.807) is 27.0 Å². The molecule has 1 amide bonds. The van der Waals surface area contributed by atoms with Crippen LogP contribution in [0.4, 0.5) is 4.79 Å². The average Bonchev–Trinajstić information content (AvgIpc) is 2.91. The zero-order valence-electron chi connectivity index (χ0n) is 15.0. The molecular weight excluding hydrogens is 412 g/mol. The summed E-state index contributed by atoms with van der Waals surface area (Å²) in [6, 6.07) is 1.60. The monoisotopic (exact) mass is 434 g/mol. The summed E-state index contributed by atoms with van der Waals surface area (Å²) >= 11 is 3.32. The molecule has 7 nitrogen and oxygen atoms in total. The van der Waals surface area contributed by atoms with Gasteiger partial charge in [-0.3, -0.25) is 9.36 Å². The lowest BCUT2D eigenvalue weighted by Crippen LogP contribution is -2.49. The molecule has 1 aliphatic heterocycles. The Morgan fingerprint density at radius 2 is 1.92 bits per heavy atom. The second-order valence-electron chi connectivity index (χ2n) is 7.48. The zero-order valence-corrected chi connectivity index (χ0v) is 17.4. The van der Waals surface area contributed by atoms with Crippen LogP contribution in [0.15, 0.2) is 16.7 Å². The minimum atomic E-state index is -3.73. The van der Waals surface area contributed by atoms with E-state index in [1.165, 1.54) is 16.4 Å². The normalized spacial score (nSPS) is 17.4. The maximum Gasteiger partial charge on any atom is 0.328 e. The number of rotatable bonds is 5. The number of esters is 1. The number of ether oxygens (including phenoxy) is 1. The molecule has 1 unspecified atom stereocenters. The zero-order chi connectivity index (χ0) is 19.2. The highest BCUT2D eigenvalue weighted by Crippen LogP contribution is 2.28. The molecule has 0 saturated heterocycles. The number of fused-ring (bicyclic) bond motifs is 1. The Bertz CT molecular complexity index is 809. The predicted octanol–water partition coefficient (Wildman–Crippen LogP) is 2.57. The molecule has 1 atom stereocenters. The number of sulfone groups is 1. The molecule has 2 heterocycles. The molecule has 0 aliphatic carbocycles. The fourth-order valence-electron chi connectivity index (χ4n) is 2.54. The van der Waals surface area contributed by atoms with Gasteiger partial charge in [-0.2, -0.15) is 0 Å². The van der Waals surface area contributed by atoms with Crippen LogP contribution in [0.25, 0.3) is 0 Å². The third-order valence-electron chi connectivity index (χ3n) is 4.20. The van der Waals surface area contributed by atoms with E-state index < -0.39 is 26.2 Å². The van der Waals surface area contributed by atoms with E-state index in [2.05, 4.69) is 15.9 Å². The van der Waals surface area contributed by atoms with Crippen LogP contribution in [-0.2, 0) is 25.9 Å². The molecule has 0 saturated carbocycles. The van der Waals surface area contributed by atoms with Gasteiger partial charge in [0, 0.05) is 29.2 Å². The van der Waals surface area contributed by atoms with Crippen molar-refractivity contribution in [2.45, 2.75) is 51.0 Å². The minimum absolute atomic E-state index is 0.0293. The molecule has 140 valence electrons. The van der Waals surface area contributed by atoms with Crippen molar-refractivity contribution in [3.05, 3.63) is 22.4 Å². The predicted molar refractivity (Wildman–Crippen MR) is 97.0 cm³/mol. The van der Waals surface area contributed by atoms with Crippen molar-refractivity contribution in [1.29, 1.82) is 0 Å². The largest absolute Gasteiger partial charge is 0.459 e. The summed E-state index contributed by atoms with van der Waals surface area (Å²) in [7, 11) is -3.73. The third-order valence-corrected chi connectivity index (χ3v) is 6.64. The number of halogens is 1. The summed E-state index contributed by atoms with van der Waals surface area (Å²) in [5, 5.41) is 0. The van der Waals surface area contributed by atoms with Gasteiger partial charge in [-0.1, -0.05) is 0 Å². The van der Waals surface area contributed by atoms with Crippen LogP contribution in [0.2, 0.25) is 0 Å². The summed E-state index contributed by atoms with van der Waals surface area (Å²) in [6.45, 7) is 6.92. The lowest BCUT2D eigenvalue weighted by Gasteiger charge is -2.31. The molecule has 9 heteroatoms. The van der Waals surface area contributed by atoms with E-state index in [4.69, 9.17) is 4.74 Å². The standard InChI is InChI=1S/C16H23BrN2O5S/c1-15(2,3)24-13(20)16(4,25(5,22)23)6-7-18-10-12-8-11(17)9-19(12)14(18)21/h8-9H,6-7,10H2,1-5H3. The van der Waals surface area contributed by atoms with Crippen LogP contribution < -0.4 is 0 Å². The highest BCUT2D eigenvalue weighted by Gasteiger charge is 2.47. The van der Waals surface area contributed by atoms with Crippen LogP contribution in [0.1, 0.15) is 39.8 Å². The van der Waals surface area contributed by atoms with Gasteiger partial charge >= 0.3 is 12.0 Å². The maximum atomic E-state index is 12.5. The van der Waals surface area contributed by atoms with Crippen molar-refractivity contribution in [2.75, 3.05) is 12.8 Å². The number of carbonyl (C=O) groups is 2. The number of aromatic nitrogens is 1. The van der Waals surface area contributed by atoms with Crippen molar-refractivity contribution in [1.82, 2.24) is 9.47 Å². The van der Waals surface area contributed by atoms with E-state index in [9.17, 15) is 18.0 Å². The summed E-state index contributed by atoms with van der Waals surface area (Å²) in [6.07, 6.45) is 2.66. The topological polar surface area (TPSA) is 85.7 Å². The van der Waals surface area contributed by atoms with Gasteiger partial charge in [-0.05, 0) is 56.1 Å². The van der Waals surface area contributed by atoms with Crippen LogP contribution in [0.5, 0.6) is 0 Å². The van der Waals surface area contributed by atoms with Crippen molar-refractivity contribution < 1.29 is 22.7 Å². The number of hydrogen-bond acceptors (Lipinski definition) is 5. The molecule has 1 aliphatic rings. The number of nitrogens with zero attached hydrogens (tertiary/aromatic N) is 2. The first-order valence-electron chi connectivity index (χ1n) is 7.84. The minimum Gasteiger partial charge on any atom is -0.459 e. The molecule has 1 aromatic heterocycles. The van der Waals surface area contributed by atoms with E-state index in [0.29, 0.717) is 6.54 Å².